The van der Waals surface area contributed by atoms with Crippen molar-refractivity contribution in [1.82, 2.24) is 10.3 Å². The van der Waals surface area contributed by atoms with Crippen LogP contribution in [0.3, 0.4) is 0 Å². The van der Waals surface area contributed by atoms with Crippen molar-refractivity contribution >= 4 is 27.3 Å². The van der Waals surface area contributed by atoms with E-state index in [0.717, 1.165) is 39.5 Å². The van der Waals surface area contributed by atoms with Crippen LogP contribution in [-0.2, 0) is 0 Å². The van der Waals surface area contributed by atoms with Gasteiger partial charge in [0, 0.05) is 15.5 Å². The predicted octanol–water partition coefficient (Wildman–Crippen LogP) is 4.31. The zero-order valence-electron chi connectivity index (χ0n) is 11.9. The van der Waals surface area contributed by atoms with Crippen LogP contribution in [0.5, 0.6) is 5.75 Å². The van der Waals surface area contributed by atoms with Gasteiger partial charge in [0.2, 0.25) is 0 Å². The van der Waals surface area contributed by atoms with Gasteiger partial charge >= 0.3 is 0 Å². The first-order chi connectivity index (χ1) is 9.65. The zero-order chi connectivity index (χ0) is 14.5. The highest BCUT2D eigenvalue weighted by Crippen LogP contribution is 2.33. The molecule has 3 nitrogen and oxygen atoms in total. The van der Waals surface area contributed by atoms with Crippen LogP contribution in [0.4, 0.5) is 0 Å². The second-order valence-corrected chi connectivity index (χ2v) is 6.35. The van der Waals surface area contributed by atoms with E-state index in [1.165, 1.54) is 0 Å². The minimum Gasteiger partial charge on any atom is -0.497 e. The van der Waals surface area contributed by atoms with Gasteiger partial charge in [-0.15, -0.1) is 11.3 Å². The lowest BCUT2D eigenvalue weighted by Crippen LogP contribution is -2.23. The maximum absolute atomic E-state index is 5.34. The molecule has 2 rings (SSSR count). The van der Waals surface area contributed by atoms with Crippen LogP contribution in [-0.4, -0.2) is 18.6 Å². The maximum Gasteiger partial charge on any atom is 0.119 e. The lowest BCUT2D eigenvalue weighted by Gasteiger charge is -2.19. The summed E-state index contributed by atoms with van der Waals surface area (Å²) >= 11 is 5.33. The minimum atomic E-state index is 0.0955. The highest BCUT2D eigenvalue weighted by molar-refractivity contribution is 9.10. The number of methoxy groups -OCH3 is 1. The number of nitrogens with one attached hydrogen (secondary N) is 1. The lowest BCUT2D eigenvalue weighted by atomic mass is 10.1. The number of ether oxygens (including phenoxy) is 1. The van der Waals surface area contributed by atoms with E-state index >= 15 is 0 Å². The molecule has 0 spiro atoms. The molecule has 1 aromatic carbocycles. The fourth-order valence-electron chi connectivity index (χ4n) is 1.99. The third kappa shape index (κ3) is 3.59. The highest BCUT2D eigenvalue weighted by Gasteiger charge is 2.19. The standard InChI is InChI=1S/C15H19BrN2OS/c1-4-7-17-14(15-18-10(2)9-20-15)12-8-11(19-3)5-6-13(12)16/h5-6,8-9,14,17H,4,7H2,1-3H3. The molecule has 0 bridgehead atoms. The van der Waals surface area contributed by atoms with Gasteiger partial charge in [-0.05, 0) is 43.7 Å². The molecule has 0 amide bonds. The average molecular weight is 355 g/mol. The summed E-state index contributed by atoms with van der Waals surface area (Å²) in [6, 6.07) is 6.14. The smallest absolute Gasteiger partial charge is 0.119 e. The molecule has 0 aliphatic heterocycles. The lowest BCUT2D eigenvalue weighted by molar-refractivity contribution is 0.413. The first kappa shape index (κ1) is 15.5. The Labute approximate surface area is 132 Å². The van der Waals surface area contributed by atoms with Crippen molar-refractivity contribution in [1.29, 1.82) is 0 Å². The van der Waals surface area contributed by atoms with Crippen LogP contribution >= 0.6 is 27.3 Å². The van der Waals surface area contributed by atoms with Crippen LogP contribution in [0.15, 0.2) is 28.1 Å². The molecule has 0 radical (unpaired) electrons. The number of thiazole rings is 1. The van der Waals surface area contributed by atoms with Crippen LogP contribution in [0.2, 0.25) is 0 Å². The first-order valence-corrected chi connectivity index (χ1v) is 8.31. The Hall–Kier alpha value is -0.910. The number of rotatable bonds is 6. The number of nitrogens with zero attached hydrogens (tertiary/aromatic N) is 1. The SMILES string of the molecule is CCCNC(c1nc(C)cs1)c1cc(OC)ccc1Br. The molecule has 20 heavy (non-hydrogen) atoms. The molecule has 0 aliphatic carbocycles. The third-order valence-corrected chi connectivity index (χ3v) is 4.75. The molecule has 1 atom stereocenters. The summed E-state index contributed by atoms with van der Waals surface area (Å²) in [6.07, 6.45) is 1.09. The predicted molar refractivity (Wildman–Crippen MR) is 87.7 cm³/mol. The molecule has 0 saturated carbocycles. The van der Waals surface area contributed by atoms with E-state index in [0.29, 0.717) is 0 Å². The Balaban J connectivity index is 2.40. The maximum atomic E-state index is 5.34. The molecule has 0 fully saturated rings. The molecule has 1 aromatic heterocycles. The Kier molecular flexibility index (Phi) is 5.57. The monoisotopic (exact) mass is 354 g/mol. The van der Waals surface area contributed by atoms with E-state index in [4.69, 9.17) is 4.74 Å². The van der Waals surface area contributed by atoms with E-state index in [1.54, 1.807) is 18.4 Å². The summed E-state index contributed by atoms with van der Waals surface area (Å²) in [5, 5.41) is 6.75. The van der Waals surface area contributed by atoms with E-state index in [-0.39, 0.29) is 6.04 Å². The summed E-state index contributed by atoms with van der Waals surface area (Å²) < 4.78 is 6.41. The normalized spacial score (nSPS) is 12.4. The van der Waals surface area contributed by atoms with Crippen molar-refractivity contribution in [2.75, 3.05) is 13.7 Å². The van der Waals surface area contributed by atoms with Crippen molar-refractivity contribution in [3.8, 4) is 5.75 Å². The number of aryl methyl sites for hydroxylation is 1. The fraction of sp³-hybridized carbons (Fsp3) is 0.400. The molecule has 1 N–H and O–H groups in total. The minimum absolute atomic E-state index is 0.0955. The Morgan fingerprint density at radius 3 is 2.85 bits per heavy atom. The third-order valence-electron chi connectivity index (χ3n) is 3.00. The Morgan fingerprint density at radius 2 is 2.25 bits per heavy atom. The second-order valence-electron chi connectivity index (χ2n) is 4.60. The van der Waals surface area contributed by atoms with E-state index in [9.17, 15) is 0 Å². The van der Waals surface area contributed by atoms with Crippen LogP contribution in [0, 0.1) is 6.92 Å². The number of halogens is 1. The molecule has 5 heteroatoms. The summed E-state index contributed by atoms with van der Waals surface area (Å²) in [4.78, 5) is 4.63. The van der Waals surface area contributed by atoms with Gasteiger partial charge in [0.25, 0.3) is 0 Å². The van der Waals surface area contributed by atoms with E-state index in [2.05, 4.69) is 44.6 Å². The van der Waals surface area contributed by atoms with Gasteiger partial charge in [0.15, 0.2) is 0 Å². The summed E-state index contributed by atoms with van der Waals surface area (Å²) in [5.41, 5.74) is 2.22. The van der Waals surface area contributed by atoms with E-state index in [1.807, 2.05) is 19.1 Å². The molecular weight excluding hydrogens is 336 g/mol. The van der Waals surface area contributed by atoms with Gasteiger partial charge in [-0.1, -0.05) is 22.9 Å². The van der Waals surface area contributed by atoms with Gasteiger partial charge < -0.3 is 10.1 Å². The second kappa shape index (κ2) is 7.20. The van der Waals surface area contributed by atoms with Crippen LogP contribution in [0.1, 0.15) is 35.7 Å². The van der Waals surface area contributed by atoms with Gasteiger partial charge in [0.1, 0.15) is 10.8 Å². The quantitative estimate of drug-likeness (QED) is 0.838. The summed E-state index contributed by atoms with van der Waals surface area (Å²) in [6.45, 7) is 5.14. The molecule has 1 unspecified atom stereocenters. The molecule has 0 saturated heterocycles. The van der Waals surface area contributed by atoms with Crippen LogP contribution < -0.4 is 10.1 Å². The number of hydrogen-bond donors (Lipinski definition) is 1. The van der Waals surface area contributed by atoms with Crippen LogP contribution in [0.25, 0.3) is 0 Å². The van der Waals surface area contributed by atoms with Gasteiger partial charge in [-0.2, -0.15) is 0 Å². The molecule has 1 heterocycles. The van der Waals surface area contributed by atoms with Crippen molar-refractivity contribution in [3.63, 3.8) is 0 Å². The Bertz CT molecular complexity index is 571. The highest BCUT2D eigenvalue weighted by atomic mass is 79.9. The number of hydrogen-bond acceptors (Lipinski definition) is 4. The average Bonchev–Trinajstić information content (AvgIpc) is 2.87. The zero-order valence-corrected chi connectivity index (χ0v) is 14.3. The first-order valence-electron chi connectivity index (χ1n) is 6.64. The molecule has 2 aromatic rings. The number of aromatic nitrogens is 1. The van der Waals surface area contributed by atoms with E-state index < -0.39 is 0 Å². The fourth-order valence-corrected chi connectivity index (χ4v) is 3.36. The van der Waals surface area contributed by atoms with Crippen molar-refractivity contribution in [2.45, 2.75) is 26.3 Å². The Morgan fingerprint density at radius 1 is 1.45 bits per heavy atom. The largest absolute Gasteiger partial charge is 0.497 e. The van der Waals surface area contributed by atoms with Gasteiger partial charge in [-0.25, -0.2) is 4.98 Å². The summed E-state index contributed by atoms with van der Waals surface area (Å²) in [7, 11) is 1.69. The van der Waals surface area contributed by atoms with Gasteiger partial charge in [-0.3, -0.25) is 0 Å². The molecule has 0 aliphatic rings. The van der Waals surface area contributed by atoms with Crippen molar-refractivity contribution in [2.24, 2.45) is 0 Å². The van der Waals surface area contributed by atoms with Crippen molar-refractivity contribution < 1.29 is 4.74 Å². The summed E-state index contributed by atoms with van der Waals surface area (Å²) in [5.74, 6) is 0.861. The number of benzene rings is 1. The molecule has 108 valence electrons. The van der Waals surface area contributed by atoms with Gasteiger partial charge in [0.05, 0.1) is 13.2 Å². The topological polar surface area (TPSA) is 34.2 Å². The van der Waals surface area contributed by atoms with Crippen molar-refractivity contribution in [3.05, 3.63) is 44.3 Å². The molecular formula is C15H19BrN2OS.